The second kappa shape index (κ2) is 2.40. The number of hydrogen-bond acceptors (Lipinski definition) is 4. The minimum Gasteiger partial charge on any atom is -0.274 e. The van der Waals surface area contributed by atoms with Gasteiger partial charge in [-0.1, -0.05) is 0 Å². The molecule has 3 rings (SSSR count). The minimum absolute atomic E-state index is 0.148. The fraction of sp³-hybridized carbons (Fsp3) is 0.800. The first-order chi connectivity index (χ1) is 6.47. The first-order valence-electron chi connectivity index (χ1n) is 4.93. The van der Waals surface area contributed by atoms with Crippen LogP contribution < -0.4 is 0 Å². The van der Waals surface area contributed by atoms with Crippen molar-refractivity contribution in [1.29, 1.82) is 0 Å². The predicted molar refractivity (Wildman–Crippen MR) is 65.8 cm³/mol. The van der Waals surface area contributed by atoms with Crippen LogP contribution in [0.2, 0.25) is 0 Å². The van der Waals surface area contributed by atoms with E-state index in [4.69, 9.17) is 9.98 Å². The van der Waals surface area contributed by atoms with Crippen LogP contribution in [0.5, 0.6) is 0 Å². The Labute approximate surface area is 93.0 Å². The van der Waals surface area contributed by atoms with Crippen molar-refractivity contribution in [2.24, 2.45) is 9.98 Å². The summed E-state index contributed by atoms with van der Waals surface area (Å²) in [5.41, 5.74) is 0.296. The summed E-state index contributed by atoms with van der Waals surface area (Å²) in [5.74, 6) is 0. The van der Waals surface area contributed by atoms with E-state index in [-0.39, 0.29) is 11.1 Å². The first kappa shape index (κ1) is 9.28. The fourth-order valence-corrected chi connectivity index (χ4v) is 6.21. The number of rotatable bonds is 0. The molecular weight excluding hydrogens is 212 g/mol. The molecular formula is C10H14N2S2. The van der Waals surface area contributed by atoms with Gasteiger partial charge in [0.05, 0.1) is 31.7 Å². The highest BCUT2D eigenvalue weighted by molar-refractivity contribution is 8.16. The van der Waals surface area contributed by atoms with E-state index in [2.05, 4.69) is 27.7 Å². The van der Waals surface area contributed by atoms with Crippen molar-refractivity contribution >= 4 is 33.6 Å². The van der Waals surface area contributed by atoms with Gasteiger partial charge in [0.1, 0.15) is 0 Å². The van der Waals surface area contributed by atoms with Gasteiger partial charge in [0.25, 0.3) is 0 Å². The molecule has 0 aromatic heterocycles. The van der Waals surface area contributed by atoms with Gasteiger partial charge < -0.3 is 0 Å². The molecule has 0 N–H and O–H groups in total. The van der Waals surface area contributed by atoms with Gasteiger partial charge in [-0.25, -0.2) is 0 Å². The van der Waals surface area contributed by atoms with E-state index in [0.717, 1.165) is 0 Å². The molecule has 2 heterocycles. The Kier molecular flexibility index (Phi) is 1.59. The van der Waals surface area contributed by atoms with Gasteiger partial charge in [0.15, 0.2) is 0 Å². The molecule has 14 heavy (non-hydrogen) atoms. The summed E-state index contributed by atoms with van der Waals surface area (Å²) in [6, 6.07) is 0. The molecule has 0 radical (unpaired) electrons. The van der Waals surface area contributed by atoms with Gasteiger partial charge in [0.2, 0.25) is 0 Å². The Balaban J connectivity index is 2.03. The van der Waals surface area contributed by atoms with Gasteiger partial charge in [0, 0.05) is 0 Å². The Morgan fingerprint density at radius 3 is 1.64 bits per heavy atom. The summed E-state index contributed by atoms with van der Waals surface area (Å²) in [6.07, 6.45) is 0. The lowest BCUT2D eigenvalue weighted by Gasteiger charge is -2.56. The van der Waals surface area contributed by atoms with E-state index < -0.39 is 0 Å². The van der Waals surface area contributed by atoms with Crippen LogP contribution in [-0.4, -0.2) is 31.7 Å². The van der Waals surface area contributed by atoms with E-state index in [1.54, 1.807) is 0 Å². The molecule has 2 aliphatic heterocycles. The Morgan fingerprint density at radius 1 is 0.929 bits per heavy atom. The molecule has 0 spiro atoms. The molecule has 0 unspecified atom stereocenters. The standard InChI is InChI=1S/C10H14N2S2/c1-5-11-9(3)7(13-5)10(4)8(9)14-6(2)12-10/h7-8H,1-4H3. The van der Waals surface area contributed by atoms with Gasteiger partial charge >= 0.3 is 0 Å². The lowest BCUT2D eigenvalue weighted by molar-refractivity contribution is 0.187. The molecule has 3 aliphatic rings. The SMILES string of the molecule is CC1=NC2(C)C(S1)C1(C)N=C(C)SC21. The second-order valence-corrected chi connectivity index (χ2v) is 7.30. The molecule has 1 aliphatic carbocycles. The Bertz CT molecular complexity index is 328. The van der Waals surface area contributed by atoms with Gasteiger partial charge in [-0.2, -0.15) is 0 Å². The number of fused-ring (bicyclic) bond motifs is 4. The molecule has 1 saturated carbocycles. The van der Waals surface area contributed by atoms with E-state index in [1.807, 2.05) is 23.5 Å². The van der Waals surface area contributed by atoms with Crippen LogP contribution >= 0.6 is 23.5 Å². The molecule has 2 nitrogen and oxygen atoms in total. The second-order valence-electron chi connectivity index (χ2n) is 4.71. The summed E-state index contributed by atoms with van der Waals surface area (Å²) in [7, 11) is 0. The Morgan fingerprint density at radius 2 is 1.29 bits per heavy atom. The normalized spacial score (nSPS) is 54.6. The lowest BCUT2D eigenvalue weighted by Crippen LogP contribution is -2.71. The average molecular weight is 226 g/mol. The van der Waals surface area contributed by atoms with Crippen LogP contribution in [0.4, 0.5) is 0 Å². The van der Waals surface area contributed by atoms with E-state index >= 15 is 0 Å². The molecule has 4 heteroatoms. The maximum atomic E-state index is 4.80. The minimum atomic E-state index is 0.148. The fourth-order valence-electron chi connectivity index (χ4n) is 3.15. The van der Waals surface area contributed by atoms with Gasteiger partial charge in [-0.05, 0) is 27.7 Å². The summed E-state index contributed by atoms with van der Waals surface area (Å²) < 4.78 is 0. The number of nitrogens with zero attached hydrogens (tertiary/aromatic N) is 2. The molecule has 0 atom stereocenters. The molecule has 1 fully saturated rings. The van der Waals surface area contributed by atoms with Gasteiger partial charge in [-0.15, -0.1) is 23.5 Å². The average Bonchev–Trinajstić information content (AvgIpc) is 2.50. The van der Waals surface area contributed by atoms with Crippen molar-refractivity contribution in [1.82, 2.24) is 0 Å². The van der Waals surface area contributed by atoms with E-state index in [0.29, 0.717) is 10.5 Å². The molecule has 0 saturated heterocycles. The third-order valence-corrected chi connectivity index (χ3v) is 6.74. The predicted octanol–water partition coefficient (Wildman–Crippen LogP) is 2.59. The first-order valence-corrected chi connectivity index (χ1v) is 6.69. The molecule has 76 valence electrons. The van der Waals surface area contributed by atoms with Crippen molar-refractivity contribution < 1.29 is 0 Å². The molecule has 0 aromatic rings. The summed E-state index contributed by atoms with van der Waals surface area (Å²) in [6.45, 7) is 8.81. The zero-order chi connectivity index (χ0) is 10.1. The van der Waals surface area contributed by atoms with Crippen LogP contribution in [0.3, 0.4) is 0 Å². The maximum Gasteiger partial charge on any atom is 0.0881 e. The highest BCUT2D eigenvalue weighted by Crippen LogP contribution is 2.64. The number of aliphatic imine (C=N–C) groups is 2. The van der Waals surface area contributed by atoms with Crippen LogP contribution in [0, 0.1) is 0 Å². The lowest BCUT2D eigenvalue weighted by atomic mass is 9.64. The Hall–Kier alpha value is 0.0400. The maximum absolute atomic E-state index is 4.80. The van der Waals surface area contributed by atoms with Crippen LogP contribution in [0.15, 0.2) is 9.98 Å². The largest absolute Gasteiger partial charge is 0.274 e. The van der Waals surface area contributed by atoms with Crippen molar-refractivity contribution in [3.63, 3.8) is 0 Å². The summed E-state index contributed by atoms with van der Waals surface area (Å²) >= 11 is 3.84. The van der Waals surface area contributed by atoms with Gasteiger partial charge in [-0.3, -0.25) is 9.98 Å². The molecule has 0 amide bonds. The van der Waals surface area contributed by atoms with E-state index in [1.165, 1.54) is 10.1 Å². The summed E-state index contributed by atoms with van der Waals surface area (Å²) in [5, 5.41) is 3.62. The van der Waals surface area contributed by atoms with Crippen LogP contribution in [0.25, 0.3) is 0 Å². The van der Waals surface area contributed by atoms with Crippen molar-refractivity contribution in [3.8, 4) is 0 Å². The molecule has 0 aromatic carbocycles. The highest BCUT2D eigenvalue weighted by Gasteiger charge is 2.72. The van der Waals surface area contributed by atoms with E-state index in [9.17, 15) is 0 Å². The van der Waals surface area contributed by atoms with Crippen molar-refractivity contribution in [3.05, 3.63) is 0 Å². The monoisotopic (exact) mass is 226 g/mol. The smallest absolute Gasteiger partial charge is 0.0881 e. The van der Waals surface area contributed by atoms with Crippen molar-refractivity contribution in [2.75, 3.05) is 0 Å². The van der Waals surface area contributed by atoms with Crippen molar-refractivity contribution in [2.45, 2.75) is 49.3 Å². The molecule has 0 bridgehead atoms. The zero-order valence-corrected chi connectivity index (χ0v) is 10.5. The summed E-state index contributed by atoms with van der Waals surface area (Å²) in [4.78, 5) is 9.59. The highest BCUT2D eigenvalue weighted by atomic mass is 32.2. The quantitative estimate of drug-likeness (QED) is 0.634. The number of thioether (sulfide) groups is 2. The van der Waals surface area contributed by atoms with Crippen LogP contribution in [-0.2, 0) is 0 Å². The third kappa shape index (κ3) is 0.830. The number of hydrogen-bond donors (Lipinski definition) is 0. The topological polar surface area (TPSA) is 24.7 Å². The third-order valence-electron chi connectivity index (χ3n) is 3.50. The van der Waals surface area contributed by atoms with Crippen LogP contribution in [0.1, 0.15) is 27.7 Å². The zero-order valence-electron chi connectivity index (χ0n) is 8.87.